The second kappa shape index (κ2) is 22.3. The van der Waals surface area contributed by atoms with Crippen LogP contribution in [-0.4, -0.2) is 152 Å². The van der Waals surface area contributed by atoms with E-state index in [1.165, 1.54) is 7.05 Å². The van der Waals surface area contributed by atoms with Gasteiger partial charge in [0.05, 0.1) is 39.3 Å². The van der Waals surface area contributed by atoms with E-state index >= 15 is 0 Å². The molecule has 0 rings (SSSR count). The summed E-state index contributed by atoms with van der Waals surface area (Å²) >= 11 is 0. The van der Waals surface area contributed by atoms with Crippen LogP contribution in [0.1, 0.15) is 59.8 Å². The molecule has 20 nitrogen and oxygen atoms in total. The highest BCUT2D eigenvalue weighted by Gasteiger charge is 2.38. The Balaban J connectivity index is 6.30. The number of carbonyl (C=O) groups excluding carboxylic acids is 5. The first-order chi connectivity index (χ1) is 23.9. The molecule has 0 bridgehead atoms. The van der Waals surface area contributed by atoms with Gasteiger partial charge in [-0.05, 0) is 24.7 Å². The Labute approximate surface area is 305 Å². The van der Waals surface area contributed by atoms with Crippen molar-refractivity contribution in [2.24, 2.45) is 39.0 Å². The first kappa shape index (κ1) is 47.3. The molecule has 0 aliphatic carbocycles. The number of aliphatic imine (C=N–C) groups is 2. The predicted octanol–water partition coefficient (Wildman–Crippen LogP) is -4.39. The Morgan fingerprint density at radius 3 is 1.83 bits per heavy atom. The van der Waals surface area contributed by atoms with Crippen molar-refractivity contribution in [2.45, 2.75) is 96.1 Å². The number of amides is 4. The molecule has 0 aromatic rings. The number of carboxylic acids is 2. The fraction of sp³-hybridized carbons (Fsp3) is 0.750. The van der Waals surface area contributed by atoms with Crippen molar-refractivity contribution in [2.75, 3.05) is 48.3 Å². The number of aliphatic hydroxyl groups is 1. The largest absolute Gasteiger partial charge is 0.548 e. The number of quaternary nitrogens is 1. The summed E-state index contributed by atoms with van der Waals surface area (Å²) in [7, 11) is 8.03. The van der Waals surface area contributed by atoms with Crippen LogP contribution in [0, 0.1) is 11.8 Å². The Bertz CT molecular complexity index is 1280. The van der Waals surface area contributed by atoms with Crippen LogP contribution in [0.5, 0.6) is 0 Å². The lowest BCUT2D eigenvalue weighted by atomic mass is 9.98. The maximum Gasteiger partial charge on any atom is 0.303 e. The van der Waals surface area contributed by atoms with Gasteiger partial charge < -0.3 is 68.0 Å². The summed E-state index contributed by atoms with van der Waals surface area (Å²) < 4.78 is 0.245. The SMILES string of the molecule is CN=C(N)NCC(O)CC(NC(=O)C(NC(=O)C(NC(=O)C(CCCN=C(N)N)[N+](C)(C)C)C(C)C)C(C)C)C(=O)N(C)C(CCC(=O)O)C(=O)[O-]. The van der Waals surface area contributed by atoms with Gasteiger partial charge in [0.25, 0.3) is 5.91 Å². The van der Waals surface area contributed by atoms with Crippen molar-refractivity contribution in [1.29, 1.82) is 0 Å². The number of rotatable bonds is 23. The average molecular weight is 744 g/mol. The molecular weight excluding hydrogens is 682 g/mol. The minimum Gasteiger partial charge on any atom is -0.548 e. The number of hydrogen-bond donors (Lipinski definition) is 9. The third kappa shape index (κ3) is 17.0. The minimum atomic E-state index is -1.72. The second-order valence-corrected chi connectivity index (χ2v) is 14.2. The van der Waals surface area contributed by atoms with Crippen LogP contribution in [0.3, 0.4) is 0 Å². The van der Waals surface area contributed by atoms with Gasteiger partial charge in [0.2, 0.25) is 17.7 Å². The minimum absolute atomic E-state index is 0.0122. The Morgan fingerprint density at radius 1 is 0.865 bits per heavy atom. The molecule has 0 aliphatic heterocycles. The third-order valence-electron chi connectivity index (χ3n) is 8.26. The van der Waals surface area contributed by atoms with Gasteiger partial charge in [-0.25, -0.2) is 0 Å². The number of aliphatic carboxylic acids is 2. The molecule has 0 radical (unpaired) electrons. The van der Waals surface area contributed by atoms with Crippen molar-refractivity contribution >= 4 is 47.5 Å². The molecule has 52 heavy (non-hydrogen) atoms. The number of hydrogen-bond acceptors (Lipinski definition) is 10. The van der Waals surface area contributed by atoms with E-state index in [0.29, 0.717) is 19.4 Å². The smallest absolute Gasteiger partial charge is 0.303 e. The van der Waals surface area contributed by atoms with Gasteiger partial charge in [0, 0.05) is 46.4 Å². The fourth-order valence-electron chi connectivity index (χ4n) is 5.19. The maximum absolute atomic E-state index is 13.8. The molecule has 298 valence electrons. The van der Waals surface area contributed by atoms with Crippen molar-refractivity contribution < 1.29 is 48.6 Å². The van der Waals surface area contributed by atoms with Gasteiger partial charge in [-0.3, -0.25) is 34.0 Å². The van der Waals surface area contributed by atoms with Crippen molar-refractivity contribution in [3.63, 3.8) is 0 Å². The number of nitrogens with zero attached hydrogens (tertiary/aromatic N) is 4. The van der Waals surface area contributed by atoms with E-state index < -0.39 is 103 Å². The molecule has 6 atom stereocenters. The van der Waals surface area contributed by atoms with Crippen LogP contribution >= 0.6 is 0 Å². The lowest BCUT2D eigenvalue weighted by Crippen LogP contribution is -2.62. The number of likely N-dealkylation sites (N-methyl/N-ethyl adjacent to an activating group) is 2. The third-order valence-corrected chi connectivity index (χ3v) is 8.26. The quantitative estimate of drug-likeness (QED) is 0.0207. The van der Waals surface area contributed by atoms with Crippen molar-refractivity contribution in [1.82, 2.24) is 26.2 Å². The van der Waals surface area contributed by atoms with Gasteiger partial charge in [-0.2, -0.15) is 0 Å². The summed E-state index contributed by atoms with van der Waals surface area (Å²) in [5.74, 6) is -6.90. The summed E-state index contributed by atoms with van der Waals surface area (Å²) in [6.07, 6.45) is -1.90. The first-order valence-corrected chi connectivity index (χ1v) is 17.1. The molecule has 0 spiro atoms. The van der Waals surface area contributed by atoms with E-state index in [1.807, 2.05) is 21.1 Å². The van der Waals surface area contributed by atoms with Gasteiger partial charge in [0.15, 0.2) is 18.0 Å². The average Bonchev–Trinajstić information content (AvgIpc) is 3.02. The topological polar surface area (TPSA) is 320 Å². The van der Waals surface area contributed by atoms with Crippen LogP contribution in [0.25, 0.3) is 0 Å². The molecule has 0 heterocycles. The number of nitrogens with two attached hydrogens (primary N) is 3. The highest BCUT2D eigenvalue weighted by Crippen LogP contribution is 2.15. The van der Waals surface area contributed by atoms with Crippen molar-refractivity contribution in [3.05, 3.63) is 0 Å². The molecule has 0 fully saturated rings. The Kier molecular flexibility index (Phi) is 20.2. The number of nitrogens with one attached hydrogen (secondary N) is 4. The zero-order valence-electron chi connectivity index (χ0n) is 31.8. The molecule has 0 aliphatic rings. The molecule has 0 saturated heterocycles. The standard InChI is InChI=1S/C32H61N11O9/c1-17(2)24(41-28(49)25(18(3)4)40-26(47)22(43(7,8)9)11-10-14-37-31(33)34)27(48)39-20(15-19(44)16-38-32(35)36-5)29(50)42(6)21(30(51)52)12-13-23(45)46/h17-22,24-25,44H,10-16H2,1-9H3,(H11-,33,34,35,36,37,38,39,40,41,45,46,47,48,49,51,52). The van der Waals surface area contributed by atoms with Gasteiger partial charge in [0.1, 0.15) is 18.1 Å². The van der Waals surface area contributed by atoms with Gasteiger partial charge >= 0.3 is 5.97 Å². The first-order valence-electron chi connectivity index (χ1n) is 17.1. The van der Waals surface area contributed by atoms with E-state index in [9.17, 15) is 39.0 Å². The van der Waals surface area contributed by atoms with E-state index in [4.69, 9.17) is 22.3 Å². The molecule has 4 amide bonds. The van der Waals surface area contributed by atoms with Crippen LogP contribution in [0.2, 0.25) is 0 Å². The van der Waals surface area contributed by atoms with Crippen LogP contribution < -0.4 is 43.6 Å². The van der Waals surface area contributed by atoms with Crippen LogP contribution in [-0.2, 0) is 28.8 Å². The molecule has 20 heteroatoms. The number of guanidine groups is 2. The maximum atomic E-state index is 13.8. The zero-order chi connectivity index (χ0) is 40.5. The van der Waals surface area contributed by atoms with Crippen molar-refractivity contribution in [3.8, 4) is 0 Å². The highest BCUT2D eigenvalue weighted by atomic mass is 16.4. The monoisotopic (exact) mass is 743 g/mol. The van der Waals surface area contributed by atoms with Crippen LogP contribution in [0.15, 0.2) is 9.98 Å². The summed E-state index contributed by atoms with van der Waals surface area (Å²) in [5.41, 5.74) is 16.4. The number of carbonyl (C=O) groups is 6. The van der Waals surface area contributed by atoms with E-state index in [-0.39, 0.29) is 22.9 Å². The number of carboxylic acid groups (broad SMARTS) is 2. The lowest BCUT2D eigenvalue weighted by Gasteiger charge is -2.35. The molecule has 0 aromatic carbocycles. The molecular formula is C32H61N11O9. The molecule has 0 aromatic heterocycles. The molecule has 6 unspecified atom stereocenters. The predicted molar refractivity (Wildman–Crippen MR) is 192 cm³/mol. The summed E-state index contributed by atoms with van der Waals surface area (Å²) in [6.45, 7) is 6.85. The summed E-state index contributed by atoms with van der Waals surface area (Å²) in [5, 5.41) is 42.3. The van der Waals surface area contributed by atoms with Gasteiger partial charge in [-0.1, -0.05) is 27.7 Å². The fourth-order valence-corrected chi connectivity index (χ4v) is 5.19. The Hall–Kier alpha value is -4.72. The van der Waals surface area contributed by atoms with E-state index in [0.717, 1.165) is 11.9 Å². The van der Waals surface area contributed by atoms with Gasteiger partial charge in [-0.15, -0.1) is 0 Å². The summed E-state index contributed by atoms with van der Waals surface area (Å²) in [6, 6.07) is -6.09. The normalized spacial score (nSPS) is 15.3. The highest BCUT2D eigenvalue weighted by molar-refractivity contribution is 5.95. The second-order valence-electron chi connectivity index (χ2n) is 14.2. The zero-order valence-corrected chi connectivity index (χ0v) is 31.8. The molecule has 12 N–H and O–H groups in total. The van der Waals surface area contributed by atoms with E-state index in [1.54, 1.807) is 27.7 Å². The number of aliphatic hydroxyl groups excluding tert-OH is 1. The molecule has 0 saturated carbocycles. The van der Waals surface area contributed by atoms with E-state index in [2.05, 4.69) is 31.3 Å². The lowest BCUT2D eigenvalue weighted by molar-refractivity contribution is -0.886. The summed E-state index contributed by atoms with van der Waals surface area (Å²) in [4.78, 5) is 86.0. The van der Waals surface area contributed by atoms with Crippen LogP contribution in [0.4, 0.5) is 0 Å². The Morgan fingerprint density at radius 2 is 1.38 bits per heavy atom.